The number of hydrogen-bond acceptors (Lipinski definition) is 1. The molecule has 14 heavy (non-hydrogen) atoms. The predicted molar refractivity (Wildman–Crippen MR) is 59.6 cm³/mol. The van der Waals surface area contributed by atoms with Crippen molar-refractivity contribution in [2.45, 2.75) is 33.1 Å². The van der Waals surface area contributed by atoms with Gasteiger partial charge in [-0.05, 0) is 24.0 Å². The van der Waals surface area contributed by atoms with Gasteiger partial charge in [0.15, 0.2) is 0 Å². The van der Waals surface area contributed by atoms with E-state index in [2.05, 4.69) is 49.2 Å². The van der Waals surface area contributed by atoms with Gasteiger partial charge in [0, 0.05) is 5.39 Å². The summed E-state index contributed by atoms with van der Waals surface area (Å²) < 4.78 is 0. The quantitative estimate of drug-likeness (QED) is 0.770. The van der Waals surface area contributed by atoms with Crippen LogP contribution in [0, 0.1) is 0 Å². The van der Waals surface area contributed by atoms with Gasteiger partial charge in [0.05, 0.1) is 11.2 Å². The molecule has 0 unspecified atom stereocenters. The summed E-state index contributed by atoms with van der Waals surface area (Å²) in [5.41, 5.74) is 3.69. The van der Waals surface area contributed by atoms with Crippen LogP contribution in [-0.4, -0.2) is 10.2 Å². The van der Waals surface area contributed by atoms with Gasteiger partial charge >= 0.3 is 0 Å². The molecule has 1 N–H and O–H groups in total. The fraction of sp³-hybridized carbons (Fsp3) is 0.417. The van der Waals surface area contributed by atoms with Crippen LogP contribution in [0.3, 0.4) is 0 Å². The summed E-state index contributed by atoms with van der Waals surface area (Å²) >= 11 is 0. The first-order chi connectivity index (χ1) is 6.72. The van der Waals surface area contributed by atoms with Gasteiger partial charge in [-0.15, -0.1) is 0 Å². The van der Waals surface area contributed by atoms with E-state index in [1.54, 1.807) is 0 Å². The fourth-order valence-corrected chi connectivity index (χ4v) is 1.72. The summed E-state index contributed by atoms with van der Waals surface area (Å²) in [4.78, 5) is 0. The van der Waals surface area contributed by atoms with Crippen molar-refractivity contribution >= 4 is 10.9 Å². The Hall–Kier alpha value is -1.31. The molecule has 74 valence electrons. The minimum atomic E-state index is 0.577. The number of nitrogens with zero attached hydrogens (tertiary/aromatic N) is 1. The zero-order chi connectivity index (χ0) is 10.1. The summed E-state index contributed by atoms with van der Waals surface area (Å²) in [5.74, 6) is 0.577. The lowest BCUT2D eigenvalue weighted by Gasteiger charge is -2.04. The van der Waals surface area contributed by atoms with Crippen molar-refractivity contribution in [3.05, 3.63) is 29.5 Å². The third kappa shape index (κ3) is 1.41. The summed E-state index contributed by atoms with van der Waals surface area (Å²) in [6.45, 7) is 6.54. The lowest BCUT2D eigenvalue weighted by molar-refractivity contribution is 0.868. The van der Waals surface area contributed by atoms with Crippen molar-refractivity contribution in [2.24, 2.45) is 0 Å². The van der Waals surface area contributed by atoms with E-state index in [0.717, 1.165) is 17.6 Å². The number of hydrogen-bond donors (Lipinski definition) is 1. The van der Waals surface area contributed by atoms with Crippen molar-refractivity contribution in [1.29, 1.82) is 0 Å². The van der Waals surface area contributed by atoms with Crippen LogP contribution in [0.4, 0.5) is 0 Å². The van der Waals surface area contributed by atoms with Crippen molar-refractivity contribution < 1.29 is 0 Å². The molecule has 0 saturated carbocycles. The number of aryl methyl sites for hydroxylation is 1. The molecular weight excluding hydrogens is 172 g/mol. The van der Waals surface area contributed by atoms with E-state index in [0.29, 0.717) is 5.92 Å². The third-order valence-electron chi connectivity index (χ3n) is 2.67. The van der Waals surface area contributed by atoms with E-state index < -0.39 is 0 Å². The molecule has 0 saturated heterocycles. The van der Waals surface area contributed by atoms with Gasteiger partial charge in [-0.1, -0.05) is 32.9 Å². The zero-order valence-electron chi connectivity index (χ0n) is 8.96. The number of rotatable bonds is 2. The molecular formula is C12H16N2. The zero-order valence-corrected chi connectivity index (χ0v) is 8.96. The molecule has 2 rings (SSSR count). The van der Waals surface area contributed by atoms with Crippen molar-refractivity contribution in [2.75, 3.05) is 0 Å². The standard InChI is InChI=1S/C12H16N2/c1-4-11-10-6-5-9(8(2)3)7-12(10)14-13-11/h5-8H,4H2,1-3H3,(H,13,14). The molecule has 2 nitrogen and oxygen atoms in total. The molecule has 0 aliphatic heterocycles. The number of nitrogens with one attached hydrogen (secondary N) is 1. The van der Waals surface area contributed by atoms with Crippen LogP contribution in [0.25, 0.3) is 10.9 Å². The molecule has 1 heterocycles. The molecule has 0 bridgehead atoms. The van der Waals surface area contributed by atoms with Gasteiger partial charge in [-0.2, -0.15) is 5.10 Å². The third-order valence-corrected chi connectivity index (χ3v) is 2.67. The van der Waals surface area contributed by atoms with Gasteiger partial charge < -0.3 is 0 Å². The van der Waals surface area contributed by atoms with Crippen LogP contribution in [0.15, 0.2) is 18.2 Å². The minimum Gasteiger partial charge on any atom is -0.278 e. The molecule has 0 fully saturated rings. The maximum Gasteiger partial charge on any atom is 0.0698 e. The maximum atomic E-state index is 4.29. The normalized spacial score (nSPS) is 11.4. The molecule has 0 aliphatic carbocycles. The Morgan fingerprint density at radius 1 is 1.36 bits per heavy atom. The number of benzene rings is 1. The van der Waals surface area contributed by atoms with Crippen LogP contribution in [0.1, 0.15) is 37.9 Å². The monoisotopic (exact) mass is 188 g/mol. The average molecular weight is 188 g/mol. The lowest BCUT2D eigenvalue weighted by Crippen LogP contribution is -1.86. The van der Waals surface area contributed by atoms with Gasteiger partial charge in [-0.3, -0.25) is 5.10 Å². The summed E-state index contributed by atoms with van der Waals surface area (Å²) in [7, 11) is 0. The number of H-pyrrole nitrogens is 1. The molecule has 0 radical (unpaired) electrons. The summed E-state index contributed by atoms with van der Waals surface area (Å²) in [6, 6.07) is 6.57. The Labute approximate surface area is 84.3 Å². The summed E-state index contributed by atoms with van der Waals surface area (Å²) in [5, 5.41) is 8.63. The largest absolute Gasteiger partial charge is 0.278 e. The molecule has 1 aromatic heterocycles. The highest BCUT2D eigenvalue weighted by Gasteiger charge is 2.05. The maximum absolute atomic E-state index is 4.29. The van der Waals surface area contributed by atoms with E-state index >= 15 is 0 Å². The Bertz CT molecular complexity index is 441. The van der Waals surface area contributed by atoms with E-state index in [1.807, 2.05) is 0 Å². The number of fused-ring (bicyclic) bond motifs is 1. The van der Waals surface area contributed by atoms with Crippen LogP contribution in [0.2, 0.25) is 0 Å². The van der Waals surface area contributed by atoms with Crippen LogP contribution < -0.4 is 0 Å². The van der Waals surface area contributed by atoms with E-state index in [-0.39, 0.29) is 0 Å². The highest BCUT2D eigenvalue weighted by molar-refractivity contribution is 5.82. The highest BCUT2D eigenvalue weighted by Crippen LogP contribution is 2.22. The average Bonchev–Trinajstić information content (AvgIpc) is 2.59. The molecule has 0 aliphatic rings. The van der Waals surface area contributed by atoms with Crippen LogP contribution >= 0.6 is 0 Å². The van der Waals surface area contributed by atoms with E-state index in [4.69, 9.17) is 0 Å². The topological polar surface area (TPSA) is 28.7 Å². The molecule has 2 aromatic rings. The Kier molecular flexibility index (Phi) is 2.28. The number of aromatic nitrogens is 2. The first kappa shape index (κ1) is 9.25. The van der Waals surface area contributed by atoms with Gasteiger partial charge in [0.1, 0.15) is 0 Å². The Morgan fingerprint density at radius 3 is 2.79 bits per heavy atom. The highest BCUT2D eigenvalue weighted by atomic mass is 15.1. The van der Waals surface area contributed by atoms with Crippen LogP contribution in [0.5, 0.6) is 0 Å². The fourth-order valence-electron chi connectivity index (χ4n) is 1.72. The predicted octanol–water partition coefficient (Wildman–Crippen LogP) is 3.25. The van der Waals surface area contributed by atoms with Crippen LogP contribution in [-0.2, 0) is 6.42 Å². The molecule has 2 heteroatoms. The van der Waals surface area contributed by atoms with Crippen molar-refractivity contribution in [3.8, 4) is 0 Å². The second kappa shape index (κ2) is 3.45. The second-order valence-corrected chi connectivity index (χ2v) is 3.98. The molecule has 0 spiro atoms. The summed E-state index contributed by atoms with van der Waals surface area (Å²) in [6.07, 6.45) is 0.987. The van der Waals surface area contributed by atoms with Gasteiger partial charge in [0.25, 0.3) is 0 Å². The minimum absolute atomic E-state index is 0.577. The second-order valence-electron chi connectivity index (χ2n) is 3.98. The van der Waals surface area contributed by atoms with Gasteiger partial charge in [0.2, 0.25) is 0 Å². The first-order valence-electron chi connectivity index (χ1n) is 5.19. The Balaban J connectivity index is 2.57. The van der Waals surface area contributed by atoms with Crippen molar-refractivity contribution in [1.82, 2.24) is 10.2 Å². The Morgan fingerprint density at radius 2 is 2.14 bits per heavy atom. The van der Waals surface area contributed by atoms with Gasteiger partial charge in [-0.25, -0.2) is 0 Å². The van der Waals surface area contributed by atoms with Crippen molar-refractivity contribution in [3.63, 3.8) is 0 Å². The smallest absolute Gasteiger partial charge is 0.0698 e. The molecule has 0 amide bonds. The first-order valence-corrected chi connectivity index (χ1v) is 5.19. The van der Waals surface area contributed by atoms with E-state index in [1.165, 1.54) is 10.9 Å². The molecule has 1 aromatic carbocycles. The van der Waals surface area contributed by atoms with E-state index in [9.17, 15) is 0 Å². The SMILES string of the molecule is CCc1n[nH]c2cc(C(C)C)ccc12. The lowest BCUT2D eigenvalue weighted by atomic mass is 10.0. The number of aromatic amines is 1. The molecule has 0 atom stereocenters.